The lowest BCUT2D eigenvalue weighted by Gasteiger charge is -2.42. The topological polar surface area (TPSA) is 34.5 Å². The molecule has 0 atom stereocenters. The van der Waals surface area contributed by atoms with Crippen molar-refractivity contribution in [2.45, 2.75) is 78.6 Å². The Bertz CT molecular complexity index is 3120. The average molecular weight is 717 g/mol. The van der Waals surface area contributed by atoms with Crippen LogP contribution in [0.4, 0.5) is 17.1 Å². The fourth-order valence-electron chi connectivity index (χ4n) is 9.50. The molecule has 0 aliphatic carbocycles. The summed E-state index contributed by atoms with van der Waals surface area (Å²) in [6.45, 7) is 21.0. The minimum absolute atomic E-state index is 0.0159. The number of nitrogens with zero attached hydrogens (tertiary/aromatic N) is 2. The first-order chi connectivity index (χ1) is 26.2. The van der Waals surface area contributed by atoms with Crippen LogP contribution >= 0.6 is 0 Å². The van der Waals surface area contributed by atoms with Crippen LogP contribution in [0.25, 0.3) is 60.6 Å². The van der Waals surface area contributed by atoms with E-state index in [9.17, 15) is 0 Å². The molecule has 2 aliphatic heterocycles. The van der Waals surface area contributed by atoms with Gasteiger partial charge in [0.15, 0.2) is 5.58 Å². The second-order valence-corrected chi connectivity index (χ2v) is 19.0. The maximum absolute atomic E-state index is 6.88. The van der Waals surface area contributed by atoms with Crippen molar-refractivity contribution in [3.8, 4) is 5.69 Å². The van der Waals surface area contributed by atoms with Crippen molar-refractivity contribution in [2.24, 2.45) is 0 Å². The molecule has 0 spiro atoms. The van der Waals surface area contributed by atoms with Gasteiger partial charge in [-0.1, -0.05) is 117 Å². The monoisotopic (exact) mass is 716 g/mol. The summed E-state index contributed by atoms with van der Waals surface area (Å²) in [5.41, 5.74) is 18.6. The molecule has 3 aromatic heterocycles. The van der Waals surface area contributed by atoms with Crippen molar-refractivity contribution in [3.63, 3.8) is 0 Å². The van der Waals surface area contributed by atoms with Gasteiger partial charge in [-0.15, -0.1) is 0 Å². The van der Waals surface area contributed by atoms with Crippen LogP contribution in [0.15, 0.2) is 118 Å². The van der Waals surface area contributed by atoms with Crippen molar-refractivity contribution in [1.29, 1.82) is 0 Å². The van der Waals surface area contributed by atoms with Gasteiger partial charge in [0.2, 0.25) is 0 Å². The van der Waals surface area contributed by atoms with Crippen LogP contribution in [-0.4, -0.2) is 11.3 Å². The van der Waals surface area contributed by atoms with Gasteiger partial charge in [0, 0.05) is 33.2 Å². The lowest BCUT2D eigenvalue weighted by molar-refractivity contribution is 0.589. The molecule has 11 rings (SSSR count). The molecule has 4 nitrogen and oxygen atoms in total. The van der Waals surface area contributed by atoms with E-state index in [4.69, 9.17) is 8.83 Å². The highest BCUT2D eigenvalue weighted by atomic mass is 16.3. The molecule has 0 saturated heterocycles. The first-order valence-corrected chi connectivity index (χ1v) is 19.7. The zero-order valence-electron chi connectivity index (χ0n) is 33.2. The highest BCUT2D eigenvalue weighted by Crippen LogP contribution is 2.49. The Morgan fingerprint density at radius 2 is 1.07 bits per heavy atom. The molecule has 0 unspecified atom stereocenters. The van der Waals surface area contributed by atoms with Crippen LogP contribution < -0.4 is 21.3 Å². The smallest absolute Gasteiger partial charge is 0.252 e. The van der Waals surface area contributed by atoms with E-state index in [1.807, 2.05) is 0 Å². The Hall–Kier alpha value is -5.68. The Morgan fingerprint density at radius 1 is 0.455 bits per heavy atom. The maximum Gasteiger partial charge on any atom is 0.252 e. The summed E-state index contributed by atoms with van der Waals surface area (Å²) in [4.78, 5) is 2.57. The van der Waals surface area contributed by atoms with E-state index in [0.717, 1.165) is 49.7 Å². The van der Waals surface area contributed by atoms with Crippen molar-refractivity contribution in [1.82, 2.24) is 4.57 Å². The molecule has 0 radical (unpaired) electrons. The number of hydrogen-bond donors (Lipinski definition) is 0. The van der Waals surface area contributed by atoms with E-state index in [2.05, 4.69) is 181 Å². The van der Waals surface area contributed by atoms with Gasteiger partial charge in [-0.05, 0) is 104 Å². The molecule has 6 aromatic carbocycles. The van der Waals surface area contributed by atoms with Crippen molar-refractivity contribution in [3.05, 3.63) is 126 Å². The van der Waals surface area contributed by atoms with E-state index < -0.39 is 0 Å². The Balaban J connectivity index is 1.37. The van der Waals surface area contributed by atoms with Gasteiger partial charge in [0.1, 0.15) is 22.3 Å². The zero-order valence-corrected chi connectivity index (χ0v) is 33.2. The second kappa shape index (κ2) is 10.5. The largest absolute Gasteiger partial charge is 0.456 e. The summed E-state index contributed by atoms with van der Waals surface area (Å²) < 4.78 is 16.0. The molecule has 0 saturated carbocycles. The Kier molecular flexibility index (Phi) is 6.27. The summed E-state index contributed by atoms with van der Waals surface area (Å²) in [5.74, 6) is 0. The van der Waals surface area contributed by atoms with E-state index in [1.165, 1.54) is 61.0 Å². The summed E-state index contributed by atoms with van der Waals surface area (Å²) in [6.07, 6.45) is 0. The lowest BCUT2D eigenvalue weighted by Crippen LogP contribution is -2.60. The van der Waals surface area contributed by atoms with Gasteiger partial charge in [-0.2, -0.15) is 0 Å². The maximum atomic E-state index is 6.88. The van der Waals surface area contributed by atoms with Crippen molar-refractivity contribution in [2.75, 3.05) is 4.90 Å². The predicted octanol–water partition coefficient (Wildman–Crippen LogP) is 11.9. The van der Waals surface area contributed by atoms with E-state index >= 15 is 0 Å². The lowest BCUT2D eigenvalue weighted by atomic mass is 9.33. The second-order valence-electron chi connectivity index (χ2n) is 19.0. The van der Waals surface area contributed by atoms with Crippen molar-refractivity contribution < 1.29 is 8.83 Å². The number of fused-ring (bicyclic) bond motifs is 12. The van der Waals surface area contributed by atoms with Gasteiger partial charge < -0.3 is 18.3 Å². The third-order valence-electron chi connectivity index (χ3n) is 12.4. The first-order valence-electron chi connectivity index (χ1n) is 19.7. The Labute approximate surface area is 322 Å². The van der Waals surface area contributed by atoms with E-state index in [1.54, 1.807) is 0 Å². The van der Waals surface area contributed by atoms with Crippen LogP contribution in [0.3, 0.4) is 0 Å². The molecular formula is C50H45BN2O2. The summed E-state index contributed by atoms with van der Waals surface area (Å²) in [6, 6.07) is 40.7. The van der Waals surface area contributed by atoms with Crippen LogP contribution in [0.5, 0.6) is 0 Å². The average Bonchev–Trinajstić information content (AvgIpc) is 3.81. The summed E-state index contributed by atoms with van der Waals surface area (Å²) >= 11 is 0. The zero-order chi connectivity index (χ0) is 37.9. The Morgan fingerprint density at radius 3 is 1.80 bits per heavy atom. The third kappa shape index (κ3) is 4.41. The standard InChI is InChI=1S/C50H45BN2O2/c1-48(2,3)28-21-22-34-37(25-28)52(36-17-14-20-42-43(36)31-15-10-12-18-40(31)54-42)38-26-30(50(7,8)9)27-39-44(38)51(34)35-24-29(49(4,5)6)23-33-45(35)53(39)46-32-16-11-13-19-41(32)55-47(33)46/h10-27H,1-9H3. The molecule has 0 N–H and O–H groups in total. The minimum atomic E-state index is -0.116. The fourth-order valence-corrected chi connectivity index (χ4v) is 9.50. The molecule has 0 amide bonds. The molecule has 55 heavy (non-hydrogen) atoms. The molecule has 5 heterocycles. The van der Waals surface area contributed by atoms with E-state index in [-0.39, 0.29) is 23.0 Å². The highest BCUT2D eigenvalue weighted by Gasteiger charge is 2.45. The number of aromatic nitrogens is 1. The molecule has 0 bridgehead atoms. The summed E-state index contributed by atoms with van der Waals surface area (Å²) in [5, 5.41) is 4.59. The number of anilines is 3. The SMILES string of the molecule is CC(C)(C)c1ccc2c(c1)N(c1cccc3oc4ccccc4c13)c1cc(C(C)(C)C)cc3c1B2c1cc(C(C)(C)C)cc2c4oc5ccccc5c4n-3c12. The number of furan rings is 2. The first kappa shape index (κ1) is 32.7. The van der Waals surface area contributed by atoms with Gasteiger partial charge in [0.05, 0.1) is 16.6 Å². The van der Waals surface area contributed by atoms with Gasteiger partial charge in [-0.3, -0.25) is 0 Å². The molecule has 5 heteroatoms. The van der Waals surface area contributed by atoms with Crippen LogP contribution in [0, 0.1) is 0 Å². The van der Waals surface area contributed by atoms with Crippen LogP contribution in [0.1, 0.15) is 79.0 Å². The number of hydrogen-bond acceptors (Lipinski definition) is 3. The van der Waals surface area contributed by atoms with Gasteiger partial charge in [-0.25, -0.2) is 0 Å². The molecule has 270 valence electrons. The summed E-state index contributed by atoms with van der Waals surface area (Å²) in [7, 11) is 0. The predicted molar refractivity (Wildman–Crippen MR) is 233 cm³/mol. The third-order valence-corrected chi connectivity index (χ3v) is 12.4. The van der Waals surface area contributed by atoms with Gasteiger partial charge >= 0.3 is 0 Å². The quantitative estimate of drug-likeness (QED) is 0.159. The minimum Gasteiger partial charge on any atom is -0.456 e. The number of para-hydroxylation sites is 2. The van der Waals surface area contributed by atoms with Crippen LogP contribution in [0.2, 0.25) is 0 Å². The highest BCUT2D eigenvalue weighted by molar-refractivity contribution is 7.00. The fraction of sp³-hybridized carbons (Fsp3) is 0.240. The molecule has 2 aliphatic rings. The van der Waals surface area contributed by atoms with Crippen LogP contribution in [-0.2, 0) is 16.2 Å². The molecular weight excluding hydrogens is 671 g/mol. The number of rotatable bonds is 1. The van der Waals surface area contributed by atoms with Crippen molar-refractivity contribution >= 4 is 95.1 Å². The van der Waals surface area contributed by atoms with E-state index in [0.29, 0.717) is 0 Å². The van der Waals surface area contributed by atoms with Gasteiger partial charge in [0.25, 0.3) is 6.71 Å². The molecule has 9 aromatic rings. The normalized spacial score (nSPS) is 14.2. The molecule has 0 fully saturated rings. The number of benzene rings is 6.